The second kappa shape index (κ2) is 37.3. The van der Waals surface area contributed by atoms with Crippen LogP contribution in [-0.2, 0) is 13.3 Å². The van der Waals surface area contributed by atoms with E-state index in [-0.39, 0.29) is 0 Å². The van der Waals surface area contributed by atoms with E-state index in [0.29, 0.717) is 5.92 Å². The van der Waals surface area contributed by atoms with Crippen LogP contribution in [0.4, 0.5) is 0 Å². The molecule has 0 saturated carbocycles. The highest BCUT2D eigenvalue weighted by Crippen LogP contribution is 2.25. The molecule has 0 spiro atoms. The third-order valence-electron chi connectivity index (χ3n) is 9.37. The fraction of sp³-hybridized carbons (Fsp3) is 1.00. The summed E-state index contributed by atoms with van der Waals surface area (Å²) in [6.07, 6.45) is 40.4. The summed E-state index contributed by atoms with van der Waals surface area (Å²) in [7, 11) is -2.71. The van der Waals surface area contributed by atoms with E-state index in [1.807, 2.05) is 0 Å². The molecule has 0 aromatic carbocycles. The van der Waals surface area contributed by atoms with Crippen LogP contribution >= 0.6 is 12.6 Å². The second-order valence-corrected chi connectivity index (χ2v) is 17.3. The number of hydrogen-bond acceptors (Lipinski definition) is 4. The van der Waals surface area contributed by atoms with Crippen LogP contribution in [0.1, 0.15) is 220 Å². The van der Waals surface area contributed by atoms with Crippen molar-refractivity contribution in [3.05, 3.63) is 0 Å². The molecule has 0 aromatic heterocycles. The first kappa shape index (κ1) is 45.4. The first-order valence-electron chi connectivity index (χ1n) is 20.7. The van der Waals surface area contributed by atoms with Gasteiger partial charge in [0.05, 0.1) is 0 Å². The molecule has 0 aliphatic carbocycles. The zero-order chi connectivity index (χ0) is 32.9. The van der Waals surface area contributed by atoms with Gasteiger partial charge in [-0.15, -0.1) is 0 Å². The Hall–Kier alpha value is 0.447. The van der Waals surface area contributed by atoms with Crippen molar-refractivity contribution in [1.82, 2.24) is 0 Å². The number of unbranched alkanes of at least 4 members (excludes halogenated alkanes) is 27. The van der Waals surface area contributed by atoms with Crippen molar-refractivity contribution in [1.29, 1.82) is 0 Å². The highest BCUT2D eigenvalue weighted by atomic mass is 32.1. The summed E-state index contributed by atoms with van der Waals surface area (Å²) in [5.74, 6) is 1.31. The van der Waals surface area contributed by atoms with Gasteiger partial charge < -0.3 is 13.3 Å². The molecule has 0 aliphatic heterocycles. The maximum atomic E-state index is 6.72. The van der Waals surface area contributed by atoms with Crippen LogP contribution in [0.15, 0.2) is 0 Å². The highest BCUT2D eigenvalue weighted by Gasteiger charge is 2.42. The Morgan fingerprint density at radius 3 is 0.822 bits per heavy atom. The van der Waals surface area contributed by atoms with Crippen LogP contribution in [0.3, 0.4) is 0 Å². The first-order valence-corrected chi connectivity index (χ1v) is 23.2. The molecule has 0 radical (unpaired) electrons. The van der Waals surface area contributed by atoms with Crippen LogP contribution < -0.4 is 0 Å². The smallest absolute Gasteiger partial charge is 0.373 e. The third-order valence-corrected chi connectivity index (χ3v) is 13.1. The summed E-state index contributed by atoms with van der Waals surface area (Å²) in [5, 5.41) is 0. The Labute approximate surface area is 291 Å². The molecule has 0 N–H and O–H groups in total. The molecule has 0 aliphatic rings. The minimum atomic E-state index is -2.71. The van der Waals surface area contributed by atoms with E-state index < -0.39 is 8.80 Å². The molecular formula is C40H84O3SSi. The summed E-state index contributed by atoms with van der Waals surface area (Å²) in [5.41, 5.74) is 0. The maximum absolute atomic E-state index is 6.72. The van der Waals surface area contributed by atoms with Crippen LogP contribution in [0.5, 0.6) is 0 Å². The molecule has 1 atom stereocenters. The van der Waals surface area contributed by atoms with Crippen molar-refractivity contribution in [3.8, 4) is 0 Å². The van der Waals surface area contributed by atoms with E-state index in [1.165, 1.54) is 173 Å². The van der Waals surface area contributed by atoms with Crippen molar-refractivity contribution in [2.75, 3.05) is 25.6 Å². The normalized spacial score (nSPS) is 12.7. The molecule has 0 rings (SSSR count). The summed E-state index contributed by atoms with van der Waals surface area (Å²) in [6, 6.07) is 0.907. The maximum Gasteiger partial charge on any atom is 0.501 e. The lowest BCUT2D eigenvalue weighted by molar-refractivity contribution is 0.0525. The average Bonchev–Trinajstić information content (AvgIpc) is 3.05. The summed E-state index contributed by atoms with van der Waals surface area (Å²) in [6.45, 7) is 11.5. The Morgan fingerprint density at radius 1 is 0.378 bits per heavy atom. The molecule has 0 saturated heterocycles. The van der Waals surface area contributed by atoms with Gasteiger partial charge in [0.15, 0.2) is 0 Å². The fourth-order valence-corrected chi connectivity index (χ4v) is 9.58. The van der Waals surface area contributed by atoms with Gasteiger partial charge in [-0.25, -0.2) is 0 Å². The molecule has 0 aromatic rings. The largest absolute Gasteiger partial charge is 0.501 e. The molecule has 45 heavy (non-hydrogen) atoms. The number of rotatable bonds is 39. The summed E-state index contributed by atoms with van der Waals surface area (Å²) >= 11 is 4.63. The molecule has 5 heteroatoms. The van der Waals surface area contributed by atoms with E-state index in [4.69, 9.17) is 13.3 Å². The second-order valence-electron chi connectivity index (χ2n) is 14.3. The van der Waals surface area contributed by atoms with Crippen molar-refractivity contribution in [2.24, 2.45) is 5.92 Å². The summed E-state index contributed by atoms with van der Waals surface area (Å²) < 4.78 is 20.2. The minimum absolute atomic E-state index is 0.452. The molecule has 3 nitrogen and oxygen atoms in total. The van der Waals surface area contributed by atoms with E-state index in [1.54, 1.807) is 0 Å². The Kier molecular flexibility index (Phi) is 37.6. The van der Waals surface area contributed by atoms with Gasteiger partial charge in [0.2, 0.25) is 0 Å². The van der Waals surface area contributed by atoms with Gasteiger partial charge in [0, 0.05) is 25.9 Å². The zero-order valence-electron chi connectivity index (χ0n) is 31.5. The zero-order valence-corrected chi connectivity index (χ0v) is 33.4. The molecule has 1 unspecified atom stereocenters. The van der Waals surface area contributed by atoms with Crippen LogP contribution in [-0.4, -0.2) is 34.4 Å². The predicted octanol–water partition coefficient (Wildman–Crippen LogP) is 14.3. The molecule has 0 heterocycles. The van der Waals surface area contributed by atoms with Crippen LogP contribution in [0, 0.1) is 5.92 Å². The Bertz CT molecular complexity index is 485. The van der Waals surface area contributed by atoms with Gasteiger partial charge in [-0.2, -0.15) is 12.6 Å². The first-order chi connectivity index (χ1) is 22.1. The lowest BCUT2D eigenvalue weighted by Crippen LogP contribution is -2.48. The van der Waals surface area contributed by atoms with Gasteiger partial charge in [0.1, 0.15) is 0 Å². The quantitative estimate of drug-likeness (QED) is 0.0400. The highest BCUT2D eigenvalue weighted by molar-refractivity contribution is 7.80. The van der Waals surface area contributed by atoms with Crippen molar-refractivity contribution >= 4 is 21.4 Å². The average molecular weight is 673 g/mol. The van der Waals surface area contributed by atoms with Crippen molar-refractivity contribution in [3.63, 3.8) is 0 Å². The van der Waals surface area contributed by atoms with E-state index >= 15 is 0 Å². The number of hydrogen-bond donors (Lipinski definition) is 1. The van der Waals surface area contributed by atoms with Gasteiger partial charge in [-0.05, 0) is 30.9 Å². The fourth-order valence-electron chi connectivity index (χ4n) is 6.24. The molecule has 0 bridgehead atoms. The van der Waals surface area contributed by atoms with Gasteiger partial charge in [-0.3, -0.25) is 0 Å². The number of thiol groups is 1. The van der Waals surface area contributed by atoms with E-state index in [9.17, 15) is 0 Å². The SMILES string of the molecule is CCCCCCCCCCCCO[Si](CC(C)CS)(OCCCCCCCCCCCC)OCCCCCCCCCCCC. The van der Waals surface area contributed by atoms with Crippen LogP contribution in [0.25, 0.3) is 0 Å². The van der Waals surface area contributed by atoms with E-state index in [2.05, 4.69) is 40.3 Å². The molecule has 0 amide bonds. The van der Waals surface area contributed by atoms with Crippen molar-refractivity contribution < 1.29 is 13.3 Å². The Balaban J connectivity index is 4.60. The lowest BCUT2D eigenvalue weighted by Gasteiger charge is -2.32. The summed E-state index contributed by atoms with van der Waals surface area (Å²) in [4.78, 5) is 0. The molecular weight excluding hydrogens is 589 g/mol. The topological polar surface area (TPSA) is 27.7 Å². The monoisotopic (exact) mass is 673 g/mol. The third kappa shape index (κ3) is 32.8. The van der Waals surface area contributed by atoms with Gasteiger partial charge in [0.25, 0.3) is 0 Å². The predicted molar refractivity (Wildman–Crippen MR) is 207 cm³/mol. The van der Waals surface area contributed by atoms with Crippen LogP contribution in [0.2, 0.25) is 6.04 Å². The van der Waals surface area contributed by atoms with Gasteiger partial charge in [-0.1, -0.05) is 201 Å². The van der Waals surface area contributed by atoms with Gasteiger partial charge >= 0.3 is 8.80 Å². The standard InChI is InChI=1S/C40H84O3SSi/c1-5-8-11-14-17-20-23-26-29-32-35-41-45(39-40(4)38-44,42-36-33-30-27-24-21-18-15-12-9-6-2)43-37-34-31-28-25-22-19-16-13-10-7-3/h40,44H,5-39H2,1-4H3. The molecule has 272 valence electrons. The van der Waals surface area contributed by atoms with Crippen molar-refractivity contribution in [2.45, 2.75) is 226 Å². The Morgan fingerprint density at radius 2 is 0.600 bits per heavy atom. The van der Waals surface area contributed by atoms with E-state index in [0.717, 1.165) is 50.9 Å². The molecule has 0 fully saturated rings. The lowest BCUT2D eigenvalue weighted by atomic mass is 10.1. The minimum Gasteiger partial charge on any atom is -0.373 e.